The van der Waals surface area contributed by atoms with Crippen molar-refractivity contribution in [2.75, 3.05) is 6.61 Å². The van der Waals surface area contributed by atoms with Gasteiger partial charge in [-0.1, -0.05) is 0 Å². The molecule has 0 unspecified atom stereocenters. The molecule has 5 heteroatoms. The number of carbonyl (C=O) groups excluding carboxylic acids is 1. The van der Waals surface area contributed by atoms with E-state index in [1.807, 2.05) is 0 Å². The first-order valence-electron chi connectivity index (χ1n) is 3.71. The SMILES string of the molecule is CCOC(=O)[C@]1(N)C[C@H]1C(=O)O. The Morgan fingerprint density at radius 3 is 2.67 bits per heavy atom. The smallest absolute Gasteiger partial charge is 0.327 e. The van der Waals surface area contributed by atoms with Gasteiger partial charge in [0.2, 0.25) is 0 Å². The minimum absolute atomic E-state index is 0.182. The highest BCUT2D eigenvalue weighted by atomic mass is 16.5. The fourth-order valence-electron chi connectivity index (χ4n) is 1.08. The normalized spacial score (nSPS) is 32.7. The van der Waals surface area contributed by atoms with Gasteiger partial charge >= 0.3 is 11.9 Å². The second-order valence-electron chi connectivity index (χ2n) is 2.86. The summed E-state index contributed by atoms with van der Waals surface area (Å²) in [5.74, 6) is -2.42. The van der Waals surface area contributed by atoms with Crippen LogP contribution in [-0.4, -0.2) is 29.2 Å². The van der Waals surface area contributed by atoms with Gasteiger partial charge in [0.25, 0.3) is 0 Å². The maximum absolute atomic E-state index is 11.0. The van der Waals surface area contributed by atoms with Crippen molar-refractivity contribution < 1.29 is 19.4 Å². The Balaban J connectivity index is 2.54. The van der Waals surface area contributed by atoms with Gasteiger partial charge in [-0.05, 0) is 13.3 Å². The van der Waals surface area contributed by atoms with Crippen LogP contribution in [0, 0.1) is 5.92 Å². The van der Waals surface area contributed by atoms with E-state index in [0.29, 0.717) is 0 Å². The van der Waals surface area contributed by atoms with Gasteiger partial charge in [-0.3, -0.25) is 9.59 Å². The van der Waals surface area contributed by atoms with Crippen molar-refractivity contribution in [1.29, 1.82) is 0 Å². The molecule has 0 aliphatic heterocycles. The number of carboxylic acids is 1. The molecule has 0 bridgehead atoms. The highest BCUT2D eigenvalue weighted by molar-refractivity contribution is 5.93. The first-order valence-corrected chi connectivity index (χ1v) is 3.71. The van der Waals surface area contributed by atoms with Crippen LogP contribution in [0.15, 0.2) is 0 Å². The van der Waals surface area contributed by atoms with E-state index >= 15 is 0 Å². The standard InChI is InChI=1S/C7H11NO4/c1-2-12-6(11)7(8)3-4(7)5(9)10/h4H,2-3,8H2,1H3,(H,9,10)/t4-,7-/m0/s1. The molecular formula is C7H11NO4. The largest absolute Gasteiger partial charge is 0.481 e. The van der Waals surface area contributed by atoms with Crippen LogP contribution in [-0.2, 0) is 14.3 Å². The van der Waals surface area contributed by atoms with Crippen molar-refractivity contribution in [2.45, 2.75) is 18.9 Å². The Morgan fingerprint density at radius 2 is 2.33 bits per heavy atom. The van der Waals surface area contributed by atoms with E-state index in [4.69, 9.17) is 10.8 Å². The summed E-state index contributed by atoms with van der Waals surface area (Å²) >= 11 is 0. The molecule has 5 nitrogen and oxygen atoms in total. The highest BCUT2D eigenvalue weighted by Crippen LogP contribution is 2.42. The van der Waals surface area contributed by atoms with E-state index in [1.54, 1.807) is 6.92 Å². The second kappa shape index (κ2) is 2.75. The molecule has 0 aromatic heterocycles. The molecule has 1 fully saturated rings. The summed E-state index contributed by atoms with van der Waals surface area (Å²) in [5.41, 5.74) is 4.20. The zero-order valence-corrected chi connectivity index (χ0v) is 6.74. The van der Waals surface area contributed by atoms with Gasteiger partial charge in [-0.2, -0.15) is 0 Å². The van der Waals surface area contributed by atoms with Gasteiger partial charge < -0.3 is 15.6 Å². The first-order chi connectivity index (χ1) is 5.52. The molecule has 2 atom stereocenters. The summed E-state index contributed by atoms with van der Waals surface area (Å²) in [6.45, 7) is 1.88. The Morgan fingerprint density at radius 1 is 1.75 bits per heavy atom. The van der Waals surface area contributed by atoms with Crippen LogP contribution in [0.4, 0.5) is 0 Å². The molecule has 12 heavy (non-hydrogen) atoms. The third-order valence-corrected chi connectivity index (χ3v) is 1.96. The predicted molar refractivity (Wildman–Crippen MR) is 39.3 cm³/mol. The lowest BCUT2D eigenvalue weighted by Gasteiger charge is -2.07. The van der Waals surface area contributed by atoms with Crippen molar-refractivity contribution in [3.05, 3.63) is 0 Å². The third-order valence-electron chi connectivity index (χ3n) is 1.96. The van der Waals surface area contributed by atoms with Gasteiger partial charge in [0.05, 0.1) is 12.5 Å². The zero-order valence-electron chi connectivity index (χ0n) is 6.74. The Bertz CT molecular complexity index is 227. The number of hydrogen-bond donors (Lipinski definition) is 2. The number of nitrogens with two attached hydrogens (primary N) is 1. The topological polar surface area (TPSA) is 89.6 Å². The lowest BCUT2D eigenvalue weighted by Crippen LogP contribution is -2.38. The summed E-state index contributed by atoms with van der Waals surface area (Å²) < 4.78 is 4.62. The Kier molecular flexibility index (Phi) is 2.06. The van der Waals surface area contributed by atoms with E-state index in [9.17, 15) is 9.59 Å². The van der Waals surface area contributed by atoms with E-state index in [0.717, 1.165) is 0 Å². The van der Waals surface area contributed by atoms with Crippen molar-refractivity contribution in [2.24, 2.45) is 11.7 Å². The van der Waals surface area contributed by atoms with Crippen molar-refractivity contribution in [1.82, 2.24) is 0 Å². The van der Waals surface area contributed by atoms with E-state index in [1.165, 1.54) is 0 Å². The van der Waals surface area contributed by atoms with Crippen LogP contribution in [0.25, 0.3) is 0 Å². The van der Waals surface area contributed by atoms with Gasteiger partial charge in [-0.25, -0.2) is 0 Å². The van der Waals surface area contributed by atoms with Crippen LogP contribution >= 0.6 is 0 Å². The molecule has 0 amide bonds. The Labute approximate surface area is 69.5 Å². The molecule has 3 N–H and O–H groups in total. The summed E-state index contributed by atoms with van der Waals surface area (Å²) in [5, 5.41) is 8.52. The fraction of sp³-hybridized carbons (Fsp3) is 0.714. The summed E-state index contributed by atoms with van der Waals surface area (Å²) in [7, 11) is 0. The lowest BCUT2D eigenvalue weighted by molar-refractivity contribution is -0.149. The molecule has 1 saturated carbocycles. The molecular weight excluding hydrogens is 162 g/mol. The summed E-state index contributed by atoms with van der Waals surface area (Å²) in [6, 6.07) is 0. The lowest BCUT2D eigenvalue weighted by atomic mass is 10.2. The monoisotopic (exact) mass is 173 g/mol. The van der Waals surface area contributed by atoms with E-state index < -0.39 is 23.4 Å². The number of hydrogen-bond acceptors (Lipinski definition) is 4. The quantitative estimate of drug-likeness (QED) is 0.553. The van der Waals surface area contributed by atoms with Crippen LogP contribution < -0.4 is 5.73 Å². The average Bonchev–Trinajstić information content (AvgIpc) is 2.65. The van der Waals surface area contributed by atoms with Crippen LogP contribution in [0.5, 0.6) is 0 Å². The number of carbonyl (C=O) groups is 2. The predicted octanol–water partition coefficient (Wildman–Crippen LogP) is -0.648. The van der Waals surface area contributed by atoms with Crippen LogP contribution in [0.1, 0.15) is 13.3 Å². The summed E-state index contributed by atoms with van der Waals surface area (Å²) in [6.07, 6.45) is 0.182. The van der Waals surface area contributed by atoms with E-state index in [2.05, 4.69) is 4.74 Å². The van der Waals surface area contributed by atoms with E-state index in [-0.39, 0.29) is 13.0 Å². The van der Waals surface area contributed by atoms with Crippen LogP contribution in [0.3, 0.4) is 0 Å². The maximum atomic E-state index is 11.0. The van der Waals surface area contributed by atoms with Gasteiger partial charge in [0.15, 0.2) is 0 Å². The van der Waals surface area contributed by atoms with Gasteiger partial charge in [0.1, 0.15) is 5.54 Å². The van der Waals surface area contributed by atoms with Gasteiger partial charge in [0, 0.05) is 0 Å². The average molecular weight is 173 g/mol. The first kappa shape index (κ1) is 8.99. The number of esters is 1. The van der Waals surface area contributed by atoms with Gasteiger partial charge in [-0.15, -0.1) is 0 Å². The highest BCUT2D eigenvalue weighted by Gasteiger charge is 2.62. The minimum atomic E-state index is -1.26. The fourth-order valence-corrected chi connectivity index (χ4v) is 1.08. The molecule has 0 aromatic carbocycles. The van der Waals surface area contributed by atoms with Crippen molar-refractivity contribution in [3.8, 4) is 0 Å². The molecule has 0 radical (unpaired) electrons. The maximum Gasteiger partial charge on any atom is 0.327 e. The number of ether oxygens (including phenoxy) is 1. The molecule has 0 saturated heterocycles. The third kappa shape index (κ3) is 1.27. The zero-order chi connectivity index (χ0) is 9.35. The minimum Gasteiger partial charge on any atom is -0.481 e. The molecule has 0 heterocycles. The number of aliphatic carboxylic acids is 1. The number of carboxylic acid groups (broad SMARTS) is 1. The molecule has 1 rings (SSSR count). The summed E-state index contributed by atoms with van der Waals surface area (Å²) in [4.78, 5) is 21.4. The molecule has 1 aliphatic rings. The molecule has 0 aromatic rings. The van der Waals surface area contributed by atoms with Crippen LogP contribution in [0.2, 0.25) is 0 Å². The van der Waals surface area contributed by atoms with Crippen molar-refractivity contribution >= 4 is 11.9 Å². The Hall–Kier alpha value is -1.10. The molecule has 1 aliphatic carbocycles. The second-order valence-corrected chi connectivity index (χ2v) is 2.86. The molecule has 0 spiro atoms. The number of rotatable bonds is 3. The molecule has 68 valence electrons. The van der Waals surface area contributed by atoms with Crippen molar-refractivity contribution in [3.63, 3.8) is 0 Å².